The summed E-state index contributed by atoms with van der Waals surface area (Å²) in [7, 11) is 0. The zero-order valence-corrected chi connectivity index (χ0v) is 13.7. The Hall–Kier alpha value is -2.55. The number of hydrogen-bond acceptors (Lipinski definition) is 1. The molecule has 0 fully saturated rings. The smallest absolute Gasteiger partial charge is 0.242 e. The fourth-order valence-corrected chi connectivity index (χ4v) is 2.58. The summed E-state index contributed by atoms with van der Waals surface area (Å²) in [5, 5.41) is 3.74. The molecule has 0 aliphatic rings. The van der Waals surface area contributed by atoms with Crippen molar-refractivity contribution in [2.75, 3.05) is 0 Å². The van der Waals surface area contributed by atoms with Crippen LogP contribution in [0.1, 0.15) is 27.8 Å². The molecule has 0 N–H and O–H groups in total. The topological polar surface area (TPSA) is 65.8 Å². The third-order valence-corrected chi connectivity index (χ3v) is 3.83. The molecule has 2 aromatic carbocycles. The van der Waals surface area contributed by atoms with Crippen molar-refractivity contribution in [1.29, 1.82) is 0 Å². The van der Waals surface area contributed by atoms with Gasteiger partial charge in [-0.1, -0.05) is 41.9 Å². The van der Waals surface area contributed by atoms with Gasteiger partial charge in [0.25, 0.3) is 0 Å². The number of amides is 1. The van der Waals surface area contributed by atoms with E-state index in [0.29, 0.717) is 0 Å². The minimum Gasteiger partial charge on any atom is -0.288 e. The lowest BCUT2D eigenvalue weighted by Gasteiger charge is -2.12. The van der Waals surface area contributed by atoms with Gasteiger partial charge in [-0.05, 0) is 76.9 Å². The fourth-order valence-electron chi connectivity index (χ4n) is 2.45. The fraction of sp³-hybridized carbons (Fsp3) is 0.167. The zero-order chi connectivity index (χ0) is 16.8. The van der Waals surface area contributed by atoms with E-state index in [1.54, 1.807) is 6.08 Å². The Kier molecular flexibility index (Phi) is 5.58. The third kappa shape index (κ3) is 4.71. The molecule has 0 bridgehead atoms. The van der Waals surface area contributed by atoms with Crippen LogP contribution in [0.5, 0.6) is 0 Å². The molecular formula is C18H16ClN3O. The van der Waals surface area contributed by atoms with Crippen LogP contribution in [0, 0.1) is 13.8 Å². The lowest BCUT2D eigenvalue weighted by Crippen LogP contribution is -1.97. The molecule has 0 radical (unpaired) electrons. The van der Waals surface area contributed by atoms with E-state index in [0.717, 1.165) is 28.1 Å². The predicted molar refractivity (Wildman–Crippen MR) is 93.4 cm³/mol. The number of carbonyl (C=O) groups excluding carboxylic acids is 1. The average molecular weight is 326 g/mol. The van der Waals surface area contributed by atoms with Crippen LogP contribution in [0.4, 0.5) is 0 Å². The van der Waals surface area contributed by atoms with Crippen molar-refractivity contribution < 1.29 is 4.79 Å². The Bertz CT molecular complexity index is 781. The van der Waals surface area contributed by atoms with E-state index in [-0.39, 0.29) is 0 Å². The number of halogens is 1. The molecule has 4 nitrogen and oxygen atoms in total. The Morgan fingerprint density at radius 2 is 1.83 bits per heavy atom. The molecule has 5 heteroatoms. The van der Waals surface area contributed by atoms with E-state index in [2.05, 4.69) is 10.0 Å². The van der Waals surface area contributed by atoms with Gasteiger partial charge in [0.2, 0.25) is 5.91 Å². The molecule has 0 saturated heterocycles. The summed E-state index contributed by atoms with van der Waals surface area (Å²) in [6.07, 6.45) is 3.76. The van der Waals surface area contributed by atoms with Crippen molar-refractivity contribution >= 4 is 23.6 Å². The monoisotopic (exact) mass is 325 g/mol. The molecule has 0 aliphatic carbocycles. The Morgan fingerprint density at radius 1 is 1.22 bits per heavy atom. The van der Waals surface area contributed by atoms with E-state index in [1.165, 1.54) is 17.2 Å². The van der Waals surface area contributed by atoms with Crippen molar-refractivity contribution in [2.45, 2.75) is 20.3 Å². The van der Waals surface area contributed by atoms with Gasteiger partial charge in [-0.25, -0.2) is 0 Å². The first kappa shape index (κ1) is 16.8. The van der Waals surface area contributed by atoms with E-state index >= 15 is 0 Å². The van der Waals surface area contributed by atoms with Crippen LogP contribution in [0.3, 0.4) is 0 Å². The molecule has 2 aromatic rings. The summed E-state index contributed by atoms with van der Waals surface area (Å²) in [5.74, 6) is -0.604. The van der Waals surface area contributed by atoms with Crippen LogP contribution in [0.2, 0.25) is 5.02 Å². The van der Waals surface area contributed by atoms with Crippen LogP contribution < -0.4 is 0 Å². The molecule has 0 spiro atoms. The molecular weight excluding hydrogens is 310 g/mol. The second-order valence-electron chi connectivity index (χ2n) is 5.30. The molecule has 0 atom stereocenters. The number of nitrogens with zero attached hydrogens (tertiary/aromatic N) is 3. The molecule has 0 aromatic heterocycles. The standard InChI is InChI=1S/C18H16ClN3O/c1-12-9-15(5-8-18(23)21-22-20)10-13(2)17(12)11-14-3-6-16(19)7-4-14/h3-10H,11H2,1-2H3. The Labute approximate surface area is 140 Å². The van der Waals surface area contributed by atoms with Crippen LogP contribution in [0.15, 0.2) is 47.6 Å². The Morgan fingerprint density at radius 3 is 2.39 bits per heavy atom. The van der Waals surface area contributed by atoms with Crippen molar-refractivity contribution in [3.05, 3.63) is 85.8 Å². The maximum atomic E-state index is 11.2. The summed E-state index contributed by atoms with van der Waals surface area (Å²) in [6.45, 7) is 4.09. The summed E-state index contributed by atoms with van der Waals surface area (Å²) >= 11 is 5.92. The van der Waals surface area contributed by atoms with Crippen LogP contribution >= 0.6 is 11.6 Å². The lowest BCUT2D eigenvalue weighted by atomic mass is 9.94. The SMILES string of the molecule is Cc1cc(C=CC(=O)N=[N+]=[N-])cc(C)c1Cc1ccc(Cl)cc1. The molecule has 116 valence electrons. The number of aryl methyl sites for hydroxylation is 2. The van der Waals surface area contributed by atoms with Crippen LogP contribution in [-0.4, -0.2) is 5.91 Å². The second kappa shape index (κ2) is 7.63. The summed E-state index contributed by atoms with van der Waals surface area (Å²) in [5.41, 5.74) is 13.9. The van der Waals surface area contributed by atoms with E-state index < -0.39 is 5.91 Å². The highest BCUT2D eigenvalue weighted by molar-refractivity contribution is 6.30. The highest BCUT2D eigenvalue weighted by Crippen LogP contribution is 2.22. The van der Waals surface area contributed by atoms with E-state index in [9.17, 15) is 4.79 Å². The first-order chi connectivity index (χ1) is 11.0. The first-order valence-electron chi connectivity index (χ1n) is 7.11. The number of benzene rings is 2. The number of azide groups is 1. The van der Waals surface area contributed by atoms with Gasteiger partial charge in [0.1, 0.15) is 0 Å². The quantitative estimate of drug-likeness (QED) is 0.321. The predicted octanol–water partition coefficient (Wildman–Crippen LogP) is 5.40. The van der Waals surface area contributed by atoms with Gasteiger partial charge in [-0.3, -0.25) is 4.79 Å². The highest BCUT2D eigenvalue weighted by Gasteiger charge is 2.06. The highest BCUT2D eigenvalue weighted by atomic mass is 35.5. The maximum absolute atomic E-state index is 11.2. The van der Waals surface area contributed by atoms with Crippen molar-refractivity contribution in [1.82, 2.24) is 0 Å². The third-order valence-electron chi connectivity index (χ3n) is 3.57. The molecule has 2 rings (SSSR count). The molecule has 0 aliphatic heterocycles. The summed E-state index contributed by atoms with van der Waals surface area (Å²) in [6, 6.07) is 11.8. The maximum Gasteiger partial charge on any atom is 0.242 e. The number of carbonyl (C=O) groups is 1. The molecule has 0 unspecified atom stereocenters. The zero-order valence-electron chi connectivity index (χ0n) is 13.0. The molecule has 23 heavy (non-hydrogen) atoms. The van der Waals surface area contributed by atoms with Gasteiger partial charge in [0, 0.05) is 9.93 Å². The largest absolute Gasteiger partial charge is 0.288 e. The first-order valence-corrected chi connectivity index (χ1v) is 7.49. The normalized spacial score (nSPS) is 10.6. The minimum absolute atomic E-state index is 0.604. The summed E-state index contributed by atoms with van der Waals surface area (Å²) in [4.78, 5) is 13.7. The van der Waals surface area contributed by atoms with Gasteiger partial charge < -0.3 is 0 Å². The molecule has 0 saturated carbocycles. The van der Waals surface area contributed by atoms with Gasteiger partial charge in [0.05, 0.1) is 0 Å². The second-order valence-corrected chi connectivity index (χ2v) is 5.73. The summed E-state index contributed by atoms with van der Waals surface area (Å²) < 4.78 is 0. The van der Waals surface area contributed by atoms with Crippen molar-refractivity contribution in [2.24, 2.45) is 5.11 Å². The molecule has 0 heterocycles. The number of hydrogen-bond donors (Lipinski definition) is 0. The number of rotatable bonds is 4. The van der Waals surface area contributed by atoms with Crippen LogP contribution in [-0.2, 0) is 11.2 Å². The van der Waals surface area contributed by atoms with Gasteiger partial charge in [-0.2, -0.15) is 0 Å². The van der Waals surface area contributed by atoms with Crippen LogP contribution in [0.25, 0.3) is 16.5 Å². The van der Waals surface area contributed by atoms with E-state index in [1.807, 2.05) is 50.2 Å². The lowest BCUT2D eigenvalue weighted by molar-refractivity contribution is -0.113. The van der Waals surface area contributed by atoms with Gasteiger partial charge in [-0.15, -0.1) is 0 Å². The van der Waals surface area contributed by atoms with Gasteiger partial charge in [0.15, 0.2) is 0 Å². The van der Waals surface area contributed by atoms with Crippen molar-refractivity contribution in [3.8, 4) is 0 Å². The van der Waals surface area contributed by atoms with Crippen molar-refractivity contribution in [3.63, 3.8) is 0 Å². The van der Waals surface area contributed by atoms with Gasteiger partial charge >= 0.3 is 0 Å². The minimum atomic E-state index is -0.604. The Balaban J connectivity index is 2.25. The molecule has 1 amide bonds. The van der Waals surface area contributed by atoms with E-state index in [4.69, 9.17) is 17.1 Å². The average Bonchev–Trinajstić information content (AvgIpc) is 2.51.